The number of fused-ring (bicyclic) bond motifs is 1. The largest absolute Gasteiger partial charge is 0.396 e. The molecule has 0 aliphatic rings. The van der Waals surface area contributed by atoms with Gasteiger partial charge in [-0.15, -0.1) is 0 Å². The van der Waals surface area contributed by atoms with Crippen LogP contribution in [0.5, 0.6) is 0 Å². The molecule has 0 aromatic carbocycles. The molecule has 0 spiro atoms. The molecule has 8 nitrogen and oxygen atoms in total. The third kappa shape index (κ3) is 2.89. The number of aliphatic hydroxyl groups excluding tert-OH is 1. The lowest BCUT2D eigenvalue weighted by atomic mass is 10.3. The van der Waals surface area contributed by atoms with Crippen molar-refractivity contribution in [3.05, 3.63) is 33.0 Å². The second-order valence-corrected chi connectivity index (χ2v) is 4.97. The Morgan fingerprint density at radius 2 is 2.19 bits per heavy atom. The van der Waals surface area contributed by atoms with Gasteiger partial charge in [-0.2, -0.15) is 4.98 Å². The van der Waals surface area contributed by atoms with Gasteiger partial charge in [-0.05, 0) is 13.3 Å². The van der Waals surface area contributed by atoms with Gasteiger partial charge in [-0.1, -0.05) is 12.2 Å². The molecule has 0 unspecified atom stereocenters. The summed E-state index contributed by atoms with van der Waals surface area (Å²) in [6.45, 7) is 6.69. The number of allylic oxidation sites excluding steroid dienone is 1. The maximum Gasteiger partial charge on any atom is 0.329 e. The minimum atomic E-state index is -0.505. The van der Waals surface area contributed by atoms with E-state index >= 15 is 0 Å². The summed E-state index contributed by atoms with van der Waals surface area (Å²) in [5.41, 5.74) is 0.516. The summed E-state index contributed by atoms with van der Waals surface area (Å²) in [5.74, 6) is 0.480. The summed E-state index contributed by atoms with van der Waals surface area (Å²) in [5, 5.41) is 11.9. The number of hydrogen-bond donors (Lipinski definition) is 3. The van der Waals surface area contributed by atoms with E-state index in [0.717, 1.165) is 5.57 Å². The van der Waals surface area contributed by atoms with E-state index in [4.69, 9.17) is 5.11 Å². The molecule has 0 amide bonds. The van der Waals surface area contributed by atoms with Crippen LogP contribution < -0.4 is 16.6 Å². The van der Waals surface area contributed by atoms with Crippen molar-refractivity contribution in [3.8, 4) is 0 Å². The number of aromatic nitrogens is 4. The van der Waals surface area contributed by atoms with Crippen molar-refractivity contribution in [2.45, 2.75) is 19.9 Å². The van der Waals surface area contributed by atoms with Crippen LogP contribution in [0.2, 0.25) is 0 Å². The Hall–Kier alpha value is -2.35. The van der Waals surface area contributed by atoms with Gasteiger partial charge in [0.05, 0.1) is 0 Å². The fourth-order valence-electron chi connectivity index (χ4n) is 2.07. The Bertz CT molecular complexity index is 783. The first-order valence-electron chi connectivity index (χ1n) is 6.64. The first-order valence-corrected chi connectivity index (χ1v) is 6.64. The number of rotatable bonds is 6. The normalized spacial score (nSPS) is 11.0. The van der Waals surface area contributed by atoms with Crippen molar-refractivity contribution in [2.24, 2.45) is 7.05 Å². The predicted octanol–water partition coefficient (Wildman–Crippen LogP) is -0.206. The van der Waals surface area contributed by atoms with Crippen LogP contribution in [0, 0.1) is 0 Å². The number of H-pyrrole nitrogens is 1. The summed E-state index contributed by atoms with van der Waals surface area (Å²) in [6, 6.07) is 0. The molecule has 2 aromatic rings. The molecule has 0 saturated carbocycles. The Kier molecular flexibility index (Phi) is 4.27. The number of aromatic amines is 1. The van der Waals surface area contributed by atoms with E-state index in [1.807, 2.05) is 6.92 Å². The summed E-state index contributed by atoms with van der Waals surface area (Å²) < 4.78 is 2.98. The van der Waals surface area contributed by atoms with E-state index in [0.29, 0.717) is 36.6 Å². The number of imidazole rings is 1. The van der Waals surface area contributed by atoms with Gasteiger partial charge in [0.2, 0.25) is 5.95 Å². The lowest BCUT2D eigenvalue weighted by Crippen LogP contribution is -2.29. The predicted molar refractivity (Wildman–Crippen MR) is 80.6 cm³/mol. The molecular formula is C13H19N5O3. The van der Waals surface area contributed by atoms with Gasteiger partial charge < -0.3 is 15.0 Å². The molecule has 2 aromatic heterocycles. The Morgan fingerprint density at radius 3 is 2.81 bits per heavy atom. The van der Waals surface area contributed by atoms with Gasteiger partial charge in [0.1, 0.15) is 0 Å². The van der Waals surface area contributed by atoms with Crippen LogP contribution in [0.25, 0.3) is 11.2 Å². The van der Waals surface area contributed by atoms with E-state index < -0.39 is 11.2 Å². The van der Waals surface area contributed by atoms with Crippen molar-refractivity contribution in [3.63, 3.8) is 0 Å². The van der Waals surface area contributed by atoms with Crippen LogP contribution in [0.4, 0.5) is 5.95 Å². The first kappa shape index (κ1) is 15.0. The molecule has 0 atom stereocenters. The monoisotopic (exact) mass is 293 g/mol. The third-order valence-corrected chi connectivity index (χ3v) is 3.05. The summed E-state index contributed by atoms with van der Waals surface area (Å²) in [6.07, 6.45) is 0.561. The molecule has 8 heteroatoms. The zero-order valence-electron chi connectivity index (χ0n) is 12.1. The van der Waals surface area contributed by atoms with Gasteiger partial charge in [0.15, 0.2) is 11.2 Å². The lowest BCUT2D eigenvalue weighted by molar-refractivity contribution is 0.292. The van der Waals surface area contributed by atoms with E-state index in [-0.39, 0.29) is 6.61 Å². The first-order chi connectivity index (χ1) is 9.95. The number of aliphatic hydroxyl groups is 1. The molecule has 0 fully saturated rings. The van der Waals surface area contributed by atoms with E-state index in [1.165, 1.54) is 4.57 Å². The molecule has 0 radical (unpaired) electrons. The highest BCUT2D eigenvalue weighted by atomic mass is 16.3. The van der Waals surface area contributed by atoms with Gasteiger partial charge in [0, 0.05) is 26.7 Å². The van der Waals surface area contributed by atoms with Crippen molar-refractivity contribution in [1.82, 2.24) is 19.1 Å². The quantitative estimate of drug-likeness (QED) is 0.505. The average molecular weight is 293 g/mol. The van der Waals surface area contributed by atoms with Crippen LogP contribution in [-0.2, 0) is 13.6 Å². The minimum Gasteiger partial charge on any atom is -0.396 e. The molecule has 0 bridgehead atoms. The molecule has 21 heavy (non-hydrogen) atoms. The summed E-state index contributed by atoms with van der Waals surface area (Å²) >= 11 is 0. The van der Waals surface area contributed by atoms with Crippen LogP contribution in [-0.4, -0.2) is 37.4 Å². The fourth-order valence-corrected chi connectivity index (χ4v) is 2.07. The topological polar surface area (TPSA) is 105 Å². The number of aryl methyl sites for hydroxylation is 1. The van der Waals surface area contributed by atoms with Crippen LogP contribution in [0.3, 0.4) is 0 Å². The van der Waals surface area contributed by atoms with Crippen LogP contribution in [0.15, 0.2) is 21.7 Å². The van der Waals surface area contributed by atoms with E-state index in [1.54, 1.807) is 11.6 Å². The number of hydrogen-bond acceptors (Lipinski definition) is 5. The van der Waals surface area contributed by atoms with Crippen LogP contribution >= 0.6 is 0 Å². The SMILES string of the molecule is C=C(C)Cn1c(NCCCO)nc2c1c(=O)[nH]c(=O)n2C. The molecule has 0 aliphatic carbocycles. The van der Waals surface area contributed by atoms with Crippen molar-refractivity contribution < 1.29 is 5.11 Å². The molecular weight excluding hydrogens is 274 g/mol. The Labute approximate surface area is 120 Å². The smallest absolute Gasteiger partial charge is 0.329 e. The zero-order chi connectivity index (χ0) is 15.6. The average Bonchev–Trinajstić information content (AvgIpc) is 2.75. The molecule has 0 saturated heterocycles. The van der Waals surface area contributed by atoms with E-state index in [9.17, 15) is 9.59 Å². The highest BCUT2D eigenvalue weighted by Gasteiger charge is 2.16. The van der Waals surface area contributed by atoms with E-state index in [2.05, 4.69) is 21.9 Å². The maximum absolute atomic E-state index is 12.1. The molecule has 0 aliphatic heterocycles. The van der Waals surface area contributed by atoms with Crippen molar-refractivity contribution >= 4 is 17.1 Å². The second kappa shape index (κ2) is 5.96. The maximum atomic E-state index is 12.1. The molecule has 2 heterocycles. The number of anilines is 1. The Balaban J connectivity index is 2.64. The summed E-state index contributed by atoms with van der Waals surface area (Å²) in [7, 11) is 1.55. The van der Waals surface area contributed by atoms with Crippen LogP contribution in [0.1, 0.15) is 13.3 Å². The number of nitrogens with zero attached hydrogens (tertiary/aromatic N) is 3. The summed E-state index contributed by atoms with van der Waals surface area (Å²) in [4.78, 5) is 30.3. The molecule has 2 rings (SSSR count). The Morgan fingerprint density at radius 1 is 1.48 bits per heavy atom. The van der Waals surface area contributed by atoms with Crippen molar-refractivity contribution in [2.75, 3.05) is 18.5 Å². The highest BCUT2D eigenvalue weighted by molar-refractivity contribution is 5.74. The van der Waals surface area contributed by atoms with Gasteiger partial charge in [-0.3, -0.25) is 14.3 Å². The second-order valence-electron chi connectivity index (χ2n) is 4.97. The lowest BCUT2D eigenvalue weighted by Gasteiger charge is -2.09. The van der Waals surface area contributed by atoms with Crippen molar-refractivity contribution in [1.29, 1.82) is 0 Å². The molecule has 114 valence electrons. The fraction of sp³-hybridized carbons (Fsp3) is 0.462. The molecule has 3 N–H and O–H groups in total. The zero-order valence-corrected chi connectivity index (χ0v) is 12.1. The van der Waals surface area contributed by atoms with Gasteiger partial charge >= 0.3 is 5.69 Å². The number of nitrogens with one attached hydrogen (secondary N) is 2. The highest BCUT2D eigenvalue weighted by Crippen LogP contribution is 2.16. The van der Waals surface area contributed by atoms with Gasteiger partial charge in [0.25, 0.3) is 5.56 Å². The van der Waals surface area contributed by atoms with Gasteiger partial charge in [-0.25, -0.2) is 4.79 Å². The minimum absolute atomic E-state index is 0.0623. The standard InChI is InChI=1S/C13H19N5O3/c1-8(2)7-18-9-10(15-12(18)14-5-4-6-19)17(3)13(21)16-11(9)20/h19H,1,4-7H2,2-3H3,(H,14,15)(H,16,20,21). The third-order valence-electron chi connectivity index (χ3n) is 3.05.